The number of imidazole rings is 1. The van der Waals surface area contributed by atoms with Gasteiger partial charge in [0.05, 0.1) is 0 Å². The Balaban J connectivity index is 2.31. The third kappa shape index (κ3) is 2.23. The number of likely N-dealkylation sites (N-methyl/N-ethyl adjacent to an activating group) is 1. The molecule has 0 saturated carbocycles. The number of piperidine rings is 1. The van der Waals surface area contributed by atoms with Gasteiger partial charge in [0.2, 0.25) is 0 Å². The van der Waals surface area contributed by atoms with Crippen molar-refractivity contribution in [2.45, 2.75) is 38.6 Å². The van der Waals surface area contributed by atoms with E-state index in [0.29, 0.717) is 12.0 Å². The zero-order chi connectivity index (χ0) is 11.7. The van der Waals surface area contributed by atoms with Gasteiger partial charge in [0.25, 0.3) is 0 Å². The minimum Gasteiger partial charge on any atom is -0.337 e. The molecule has 0 aliphatic carbocycles. The van der Waals surface area contributed by atoms with Gasteiger partial charge in [-0.1, -0.05) is 13.8 Å². The van der Waals surface area contributed by atoms with Gasteiger partial charge in [-0.05, 0) is 44.6 Å². The van der Waals surface area contributed by atoms with Crippen LogP contribution in [0.5, 0.6) is 0 Å². The van der Waals surface area contributed by atoms with E-state index in [2.05, 4.69) is 41.5 Å². The number of hydrogen-bond donors (Lipinski definition) is 1. The molecule has 1 fully saturated rings. The first-order chi connectivity index (χ1) is 7.59. The van der Waals surface area contributed by atoms with Gasteiger partial charge in [-0.3, -0.25) is 0 Å². The van der Waals surface area contributed by atoms with Crippen LogP contribution >= 0.6 is 12.2 Å². The number of rotatable bonds is 2. The quantitative estimate of drug-likeness (QED) is 0.802. The molecule has 0 aromatic carbocycles. The van der Waals surface area contributed by atoms with E-state index >= 15 is 0 Å². The van der Waals surface area contributed by atoms with E-state index in [1.165, 1.54) is 25.1 Å². The van der Waals surface area contributed by atoms with Crippen LogP contribution in [0.25, 0.3) is 0 Å². The van der Waals surface area contributed by atoms with Gasteiger partial charge in [-0.15, -0.1) is 0 Å². The Labute approximate surface area is 102 Å². The summed E-state index contributed by atoms with van der Waals surface area (Å²) in [5.41, 5.74) is 1.34. The molecule has 1 atom stereocenters. The van der Waals surface area contributed by atoms with Crippen molar-refractivity contribution in [3.05, 3.63) is 16.7 Å². The van der Waals surface area contributed by atoms with Crippen LogP contribution in [0, 0.1) is 4.77 Å². The van der Waals surface area contributed by atoms with Crippen LogP contribution < -0.4 is 0 Å². The Morgan fingerprint density at radius 1 is 1.50 bits per heavy atom. The number of nitrogens with zero attached hydrogens (tertiary/aromatic N) is 2. The zero-order valence-electron chi connectivity index (χ0n) is 10.4. The molecule has 1 N–H and O–H groups in total. The molecule has 1 unspecified atom stereocenters. The smallest absolute Gasteiger partial charge is 0.177 e. The highest BCUT2D eigenvalue weighted by Gasteiger charge is 2.22. The molecule has 2 rings (SSSR count). The first kappa shape index (κ1) is 11.9. The molecule has 0 amide bonds. The Morgan fingerprint density at radius 3 is 2.88 bits per heavy atom. The van der Waals surface area contributed by atoms with Crippen molar-refractivity contribution < 1.29 is 0 Å². The summed E-state index contributed by atoms with van der Waals surface area (Å²) in [6.07, 6.45) is 4.59. The number of H-pyrrole nitrogens is 1. The minimum atomic E-state index is 0.528. The molecule has 1 aromatic rings. The molecule has 1 aromatic heterocycles. The Morgan fingerprint density at radius 2 is 2.25 bits per heavy atom. The topological polar surface area (TPSA) is 24.0 Å². The fourth-order valence-electron chi connectivity index (χ4n) is 2.56. The summed E-state index contributed by atoms with van der Waals surface area (Å²) in [6.45, 7) is 6.78. The van der Waals surface area contributed by atoms with Crippen molar-refractivity contribution in [3.63, 3.8) is 0 Å². The molecule has 4 heteroatoms. The van der Waals surface area contributed by atoms with Crippen molar-refractivity contribution in [2.24, 2.45) is 0 Å². The third-order valence-electron chi connectivity index (χ3n) is 3.40. The lowest BCUT2D eigenvalue weighted by molar-refractivity contribution is 0.208. The number of aromatic amines is 1. The van der Waals surface area contributed by atoms with Crippen LogP contribution in [0.3, 0.4) is 0 Å². The fraction of sp³-hybridized carbons (Fsp3) is 0.750. The van der Waals surface area contributed by atoms with Gasteiger partial charge in [0.1, 0.15) is 0 Å². The lowest BCUT2D eigenvalue weighted by atomic mass is 10.0. The molecule has 1 aliphatic heterocycles. The summed E-state index contributed by atoms with van der Waals surface area (Å²) >= 11 is 5.40. The molecule has 0 bridgehead atoms. The van der Waals surface area contributed by atoms with Gasteiger partial charge in [0, 0.05) is 24.5 Å². The SMILES string of the molecule is CC(C)c1c[nH]c(=S)n1C1CCCN(C)C1. The average Bonchev–Trinajstić information content (AvgIpc) is 2.60. The van der Waals surface area contributed by atoms with E-state index in [1.807, 2.05) is 0 Å². The molecule has 0 radical (unpaired) electrons. The van der Waals surface area contributed by atoms with Crippen molar-refractivity contribution in [2.75, 3.05) is 20.1 Å². The van der Waals surface area contributed by atoms with E-state index in [0.717, 1.165) is 11.3 Å². The second-order valence-electron chi connectivity index (χ2n) is 5.10. The van der Waals surface area contributed by atoms with Crippen LogP contribution in [0.15, 0.2) is 6.20 Å². The number of likely N-dealkylation sites (tertiary alicyclic amines) is 1. The molecule has 16 heavy (non-hydrogen) atoms. The average molecular weight is 239 g/mol. The number of nitrogens with one attached hydrogen (secondary N) is 1. The van der Waals surface area contributed by atoms with Gasteiger partial charge in [-0.2, -0.15) is 0 Å². The largest absolute Gasteiger partial charge is 0.337 e. The number of hydrogen-bond acceptors (Lipinski definition) is 2. The normalized spacial score (nSPS) is 22.9. The highest BCUT2D eigenvalue weighted by atomic mass is 32.1. The van der Waals surface area contributed by atoms with Crippen LogP contribution in [0.1, 0.15) is 44.3 Å². The van der Waals surface area contributed by atoms with Crippen LogP contribution in [-0.4, -0.2) is 34.6 Å². The molecule has 0 spiro atoms. The summed E-state index contributed by atoms with van der Waals surface area (Å²) < 4.78 is 3.21. The lowest BCUT2D eigenvalue weighted by Crippen LogP contribution is -2.34. The highest BCUT2D eigenvalue weighted by Crippen LogP contribution is 2.26. The van der Waals surface area contributed by atoms with Crippen molar-refractivity contribution in [3.8, 4) is 0 Å². The van der Waals surface area contributed by atoms with Crippen molar-refractivity contribution in [1.82, 2.24) is 14.5 Å². The second kappa shape index (κ2) is 4.72. The van der Waals surface area contributed by atoms with Crippen LogP contribution in [0.4, 0.5) is 0 Å². The standard InChI is InChI=1S/C12H21N3S/c1-9(2)11-7-13-12(16)15(11)10-5-4-6-14(3)8-10/h7,9-10H,4-6,8H2,1-3H3,(H,13,16). The minimum absolute atomic E-state index is 0.528. The van der Waals surface area contributed by atoms with Gasteiger partial charge < -0.3 is 14.5 Å². The molecular formula is C12H21N3S. The third-order valence-corrected chi connectivity index (χ3v) is 3.71. The maximum atomic E-state index is 5.40. The molecule has 2 heterocycles. The Hall–Kier alpha value is -0.610. The maximum absolute atomic E-state index is 5.40. The predicted molar refractivity (Wildman–Crippen MR) is 69.5 cm³/mol. The van der Waals surface area contributed by atoms with E-state index < -0.39 is 0 Å². The summed E-state index contributed by atoms with van der Waals surface area (Å²) in [5, 5.41) is 0. The summed E-state index contributed by atoms with van der Waals surface area (Å²) in [4.78, 5) is 5.59. The lowest BCUT2D eigenvalue weighted by Gasteiger charge is -2.32. The van der Waals surface area contributed by atoms with E-state index in [1.54, 1.807) is 0 Å². The first-order valence-corrected chi connectivity index (χ1v) is 6.48. The predicted octanol–water partition coefficient (Wildman–Crippen LogP) is 2.94. The molecule has 1 saturated heterocycles. The van der Waals surface area contributed by atoms with Gasteiger partial charge >= 0.3 is 0 Å². The Kier molecular flexibility index (Phi) is 3.50. The van der Waals surface area contributed by atoms with Gasteiger partial charge in [-0.25, -0.2) is 0 Å². The Bertz CT molecular complexity index is 405. The van der Waals surface area contributed by atoms with Crippen molar-refractivity contribution in [1.29, 1.82) is 0 Å². The second-order valence-corrected chi connectivity index (χ2v) is 5.49. The molecule has 3 nitrogen and oxygen atoms in total. The summed E-state index contributed by atoms with van der Waals surface area (Å²) in [6, 6.07) is 0.551. The summed E-state index contributed by atoms with van der Waals surface area (Å²) in [7, 11) is 2.19. The van der Waals surface area contributed by atoms with Crippen LogP contribution in [-0.2, 0) is 0 Å². The molecular weight excluding hydrogens is 218 g/mol. The fourth-order valence-corrected chi connectivity index (χ4v) is 2.88. The highest BCUT2D eigenvalue weighted by molar-refractivity contribution is 7.71. The molecule has 90 valence electrons. The van der Waals surface area contributed by atoms with Gasteiger partial charge in [0.15, 0.2) is 4.77 Å². The zero-order valence-corrected chi connectivity index (χ0v) is 11.2. The monoisotopic (exact) mass is 239 g/mol. The number of aromatic nitrogens is 2. The van der Waals surface area contributed by atoms with E-state index in [-0.39, 0.29) is 0 Å². The van der Waals surface area contributed by atoms with E-state index in [9.17, 15) is 0 Å². The first-order valence-electron chi connectivity index (χ1n) is 6.08. The molecule has 1 aliphatic rings. The summed E-state index contributed by atoms with van der Waals surface area (Å²) in [5.74, 6) is 0.528. The maximum Gasteiger partial charge on any atom is 0.177 e. The van der Waals surface area contributed by atoms with Crippen molar-refractivity contribution >= 4 is 12.2 Å². The van der Waals surface area contributed by atoms with E-state index in [4.69, 9.17) is 12.2 Å². The van der Waals surface area contributed by atoms with Crippen LogP contribution in [0.2, 0.25) is 0 Å².